The van der Waals surface area contributed by atoms with Crippen LogP contribution in [-0.4, -0.2) is 45.8 Å². The number of aliphatic hydroxyl groups is 1. The second-order valence-corrected chi connectivity index (χ2v) is 7.22. The summed E-state index contributed by atoms with van der Waals surface area (Å²) in [6, 6.07) is -1.57. The number of amides is 1. The molecule has 1 amide bonds. The molecule has 29 heavy (non-hydrogen) atoms. The molecule has 0 unspecified atom stereocenters. The molecule has 0 aromatic carbocycles. The summed E-state index contributed by atoms with van der Waals surface area (Å²) in [5, 5.41) is 13.6. The number of rotatable bonds is 8. The van der Waals surface area contributed by atoms with Gasteiger partial charge in [0.2, 0.25) is 0 Å². The van der Waals surface area contributed by atoms with Gasteiger partial charge in [-0.1, -0.05) is 6.92 Å². The Labute approximate surface area is 167 Å². The zero-order chi connectivity index (χ0) is 21.8. The molecule has 0 radical (unpaired) electrons. The van der Waals surface area contributed by atoms with Gasteiger partial charge in [-0.25, -0.2) is 18.7 Å². The number of carbonyl (C=O) groups excluding carboxylic acids is 1. The second-order valence-electron chi connectivity index (χ2n) is 6.19. The molecule has 2 atom stereocenters. The normalized spacial score (nSPS) is 14.0. The van der Waals surface area contributed by atoms with Gasteiger partial charge in [0.25, 0.3) is 12.3 Å². The van der Waals surface area contributed by atoms with Crippen LogP contribution < -0.4 is 10.6 Å². The first kappa shape index (κ1) is 22.9. The maximum Gasteiger partial charge on any atom is 0.408 e. The summed E-state index contributed by atoms with van der Waals surface area (Å²) in [6.45, 7) is 2.60. The summed E-state index contributed by atoms with van der Waals surface area (Å²) in [5.41, 5.74) is -0.559. The lowest BCUT2D eigenvalue weighted by Gasteiger charge is -2.21. The number of halogens is 5. The van der Waals surface area contributed by atoms with E-state index in [0.29, 0.717) is 0 Å². The molecule has 3 N–H and O–H groups in total. The highest BCUT2D eigenvalue weighted by atomic mass is 32.1. The predicted octanol–water partition coefficient (Wildman–Crippen LogP) is 4.01. The van der Waals surface area contributed by atoms with Crippen molar-refractivity contribution in [2.24, 2.45) is 0 Å². The number of aliphatic hydroxyl groups excluding tert-OH is 1. The fourth-order valence-electron chi connectivity index (χ4n) is 2.36. The lowest BCUT2D eigenvalue weighted by Crippen LogP contribution is -2.35. The van der Waals surface area contributed by atoms with E-state index in [2.05, 4.69) is 20.6 Å². The largest absolute Gasteiger partial charge is 0.408 e. The Morgan fingerprint density at radius 2 is 1.97 bits per heavy atom. The number of nitrogens with zero attached hydrogens (tertiary/aromatic N) is 2. The van der Waals surface area contributed by atoms with Crippen molar-refractivity contribution in [2.45, 2.75) is 45.0 Å². The first-order chi connectivity index (χ1) is 13.6. The molecule has 0 spiro atoms. The quantitative estimate of drug-likeness (QED) is 0.543. The van der Waals surface area contributed by atoms with E-state index in [4.69, 9.17) is 5.11 Å². The van der Waals surface area contributed by atoms with Crippen LogP contribution in [-0.2, 0) is 0 Å². The third-order valence-electron chi connectivity index (χ3n) is 3.91. The number of pyridine rings is 1. The van der Waals surface area contributed by atoms with E-state index in [0.717, 1.165) is 23.6 Å². The molecular weight excluding hydrogens is 419 g/mol. The van der Waals surface area contributed by atoms with Crippen molar-refractivity contribution in [1.82, 2.24) is 15.3 Å². The predicted molar refractivity (Wildman–Crippen MR) is 98.1 cm³/mol. The highest BCUT2D eigenvalue weighted by Gasteiger charge is 2.38. The van der Waals surface area contributed by atoms with Gasteiger partial charge in [-0.3, -0.25) is 4.79 Å². The van der Waals surface area contributed by atoms with Gasteiger partial charge in [-0.15, -0.1) is 11.3 Å². The fourth-order valence-corrected chi connectivity index (χ4v) is 3.22. The topological polar surface area (TPSA) is 87.1 Å². The lowest BCUT2D eigenvalue weighted by molar-refractivity contribution is -0.142. The summed E-state index contributed by atoms with van der Waals surface area (Å²) < 4.78 is 65.8. The molecule has 0 aliphatic rings. The van der Waals surface area contributed by atoms with Gasteiger partial charge in [-0.2, -0.15) is 13.2 Å². The zero-order valence-corrected chi connectivity index (χ0v) is 16.2. The first-order valence-electron chi connectivity index (χ1n) is 8.56. The van der Waals surface area contributed by atoms with E-state index in [1.165, 1.54) is 13.1 Å². The van der Waals surface area contributed by atoms with Crippen molar-refractivity contribution >= 4 is 23.1 Å². The third kappa shape index (κ3) is 5.82. The van der Waals surface area contributed by atoms with Gasteiger partial charge in [0.15, 0.2) is 5.01 Å². The van der Waals surface area contributed by atoms with Crippen LogP contribution in [0.25, 0.3) is 10.4 Å². The smallest absolute Gasteiger partial charge is 0.394 e. The van der Waals surface area contributed by atoms with Crippen LogP contribution in [0.1, 0.15) is 42.1 Å². The van der Waals surface area contributed by atoms with Gasteiger partial charge in [0.05, 0.1) is 11.5 Å². The Balaban J connectivity index is 2.31. The number of aromatic nitrogens is 2. The average molecular weight is 438 g/mol. The lowest BCUT2D eigenvalue weighted by atomic mass is 10.1. The van der Waals surface area contributed by atoms with Crippen LogP contribution in [0.2, 0.25) is 0 Å². The van der Waals surface area contributed by atoms with Gasteiger partial charge >= 0.3 is 6.18 Å². The highest BCUT2D eigenvalue weighted by Crippen LogP contribution is 2.36. The van der Waals surface area contributed by atoms with Crippen molar-refractivity contribution in [2.75, 3.05) is 11.9 Å². The van der Waals surface area contributed by atoms with Crippen molar-refractivity contribution < 1.29 is 31.9 Å². The molecule has 0 fully saturated rings. The molecule has 0 aliphatic carbocycles. The molecule has 6 nitrogen and oxygen atoms in total. The number of thiazole rings is 1. The standard InChI is InChI=1S/C17H19F5N4O2S/c1-3-12(17(20,21)22)26-13-4-9(14(18)19)10(5-23-13)11-6-24-16(29-11)15(28)25-8(2)7-27/h4-6,8,12,14,27H,3,7H2,1-2H3,(H,23,26)(H,25,28)/t8-,12+/m1/s1. The van der Waals surface area contributed by atoms with Gasteiger partial charge < -0.3 is 15.7 Å². The minimum Gasteiger partial charge on any atom is -0.394 e. The SMILES string of the molecule is CC[C@H](Nc1cc(C(F)F)c(-c2cnc(C(=O)N[C@H](C)CO)s2)cn1)C(F)(F)F. The summed E-state index contributed by atoms with van der Waals surface area (Å²) in [4.78, 5) is 19.9. The Bertz CT molecular complexity index is 843. The maximum atomic E-state index is 13.5. The molecule has 12 heteroatoms. The number of carbonyl (C=O) groups is 1. The van der Waals surface area contributed by atoms with E-state index in [-0.39, 0.29) is 34.3 Å². The highest BCUT2D eigenvalue weighted by molar-refractivity contribution is 7.17. The minimum atomic E-state index is -4.55. The van der Waals surface area contributed by atoms with E-state index in [1.54, 1.807) is 6.92 Å². The van der Waals surface area contributed by atoms with E-state index in [9.17, 15) is 26.7 Å². The Kier molecular flexibility index (Phi) is 7.47. The van der Waals surface area contributed by atoms with Crippen LogP contribution in [0.4, 0.5) is 27.8 Å². The first-order valence-corrected chi connectivity index (χ1v) is 9.37. The number of alkyl halides is 5. The van der Waals surface area contributed by atoms with E-state index in [1.807, 2.05) is 0 Å². The molecule has 2 heterocycles. The molecule has 160 valence electrons. The monoisotopic (exact) mass is 438 g/mol. The summed E-state index contributed by atoms with van der Waals surface area (Å²) in [5.74, 6) is -0.906. The zero-order valence-electron chi connectivity index (χ0n) is 15.4. The fraction of sp³-hybridized carbons (Fsp3) is 0.471. The molecule has 0 bridgehead atoms. The summed E-state index contributed by atoms with van der Waals surface area (Å²) in [7, 11) is 0. The Morgan fingerprint density at radius 3 is 2.52 bits per heavy atom. The summed E-state index contributed by atoms with van der Waals surface area (Å²) >= 11 is 0.828. The third-order valence-corrected chi connectivity index (χ3v) is 4.94. The molecule has 0 saturated heterocycles. The van der Waals surface area contributed by atoms with Crippen LogP contribution in [0, 0.1) is 0 Å². The van der Waals surface area contributed by atoms with Crippen LogP contribution in [0.3, 0.4) is 0 Å². The van der Waals surface area contributed by atoms with Crippen molar-refractivity contribution in [3.63, 3.8) is 0 Å². The maximum absolute atomic E-state index is 13.5. The van der Waals surface area contributed by atoms with Gasteiger partial charge in [0, 0.05) is 29.6 Å². The minimum absolute atomic E-state index is 0.00848. The van der Waals surface area contributed by atoms with E-state index >= 15 is 0 Å². The number of anilines is 1. The van der Waals surface area contributed by atoms with Gasteiger partial charge in [0.1, 0.15) is 11.9 Å². The molecule has 2 aromatic rings. The number of hydrogen-bond donors (Lipinski definition) is 3. The summed E-state index contributed by atoms with van der Waals surface area (Å²) in [6.07, 6.45) is -5.59. The van der Waals surface area contributed by atoms with Crippen LogP contribution in [0.5, 0.6) is 0 Å². The molecular formula is C17H19F5N4O2S. The molecule has 0 aliphatic heterocycles. The molecule has 2 rings (SSSR count). The van der Waals surface area contributed by atoms with Crippen molar-refractivity contribution in [1.29, 1.82) is 0 Å². The number of nitrogens with one attached hydrogen (secondary N) is 2. The van der Waals surface area contributed by atoms with Crippen LogP contribution in [0.15, 0.2) is 18.5 Å². The molecule has 0 saturated carbocycles. The Hall–Kier alpha value is -2.34. The van der Waals surface area contributed by atoms with Crippen molar-refractivity contribution in [3.05, 3.63) is 29.0 Å². The molecule has 2 aromatic heterocycles. The van der Waals surface area contributed by atoms with Crippen molar-refractivity contribution in [3.8, 4) is 10.4 Å². The van der Waals surface area contributed by atoms with Gasteiger partial charge in [-0.05, 0) is 19.4 Å². The van der Waals surface area contributed by atoms with Crippen LogP contribution >= 0.6 is 11.3 Å². The number of hydrogen-bond acceptors (Lipinski definition) is 6. The Morgan fingerprint density at radius 1 is 1.28 bits per heavy atom. The van der Waals surface area contributed by atoms with E-state index < -0.39 is 36.2 Å². The average Bonchev–Trinajstić information content (AvgIpc) is 3.14. The second kappa shape index (κ2) is 9.44.